The van der Waals surface area contributed by atoms with Gasteiger partial charge < -0.3 is 9.47 Å². The average Bonchev–Trinajstić information content (AvgIpc) is 2.83. The van der Waals surface area contributed by atoms with Gasteiger partial charge in [-0.2, -0.15) is 0 Å². The maximum absolute atomic E-state index is 12.3. The van der Waals surface area contributed by atoms with Crippen LogP contribution in [0, 0.1) is 5.92 Å². The Kier molecular flexibility index (Phi) is 3.22. The summed E-state index contributed by atoms with van der Waals surface area (Å²) >= 11 is 0. The minimum absolute atomic E-state index is 0.217. The summed E-state index contributed by atoms with van der Waals surface area (Å²) in [5.41, 5.74) is 0.770. The van der Waals surface area contributed by atoms with E-state index in [1.807, 2.05) is 18.2 Å². The summed E-state index contributed by atoms with van der Waals surface area (Å²) in [6.45, 7) is 1.34. The molecule has 1 fully saturated rings. The van der Waals surface area contributed by atoms with E-state index in [0.717, 1.165) is 36.3 Å². The molecule has 3 nitrogen and oxygen atoms in total. The van der Waals surface area contributed by atoms with Gasteiger partial charge in [0, 0.05) is 17.9 Å². The second kappa shape index (κ2) is 5.01. The van der Waals surface area contributed by atoms with Crippen LogP contribution in [0.4, 0.5) is 0 Å². The van der Waals surface area contributed by atoms with E-state index in [9.17, 15) is 4.79 Å². The fourth-order valence-corrected chi connectivity index (χ4v) is 2.74. The zero-order valence-electron chi connectivity index (χ0n) is 10.5. The number of ether oxygens (including phenoxy) is 2. The van der Waals surface area contributed by atoms with Gasteiger partial charge in [-0.3, -0.25) is 4.79 Å². The van der Waals surface area contributed by atoms with Gasteiger partial charge in [0.25, 0.3) is 0 Å². The molecule has 0 amide bonds. The summed E-state index contributed by atoms with van der Waals surface area (Å²) in [7, 11) is 0. The Labute approximate surface area is 107 Å². The summed E-state index contributed by atoms with van der Waals surface area (Å²) in [5, 5.41) is 0. The Bertz CT molecular complexity index is 447. The Morgan fingerprint density at radius 1 is 1.00 bits per heavy atom. The predicted octanol–water partition coefficient (Wildman–Crippen LogP) is 3.22. The molecule has 18 heavy (non-hydrogen) atoms. The highest BCUT2D eigenvalue weighted by atomic mass is 16.5. The lowest BCUT2D eigenvalue weighted by Crippen LogP contribution is -2.11. The molecule has 1 aromatic carbocycles. The van der Waals surface area contributed by atoms with Crippen LogP contribution in [-0.4, -0.2) is 19.0 Å². The molecular weight excluding hydrogens is 228 g/mol. The third kappa shape index (κ3) is 2.22. The lowest BCUT2D eigenvalue weighted by Gasteiger charge is -2.11. The summed E-state index contributed by atoms with van der Waals surface area (Å²) in [4.78, 5) is 12.3. The SMILES string of the molecule is O=C(c1ccc2c(c1)OCCCO2)C1CCCC1. The Morgan fingerprint density at radius 2 is 1.72 bits per heavy atom. The quantitative estimate of drug-likeness (QED) is 0.752. The van der Waals surface area contributed by atoms with E-state index in [4.69, 9.17) is 9.47 Å². The van der Waals surface area contributed by atoms with E-state index in [0.29, 0.717) is 13.2 Å². The summed E-state index contributed by atoms with van der Waals surface area (Å²) in [6.07, 6.45) is 5.32. The van der Waals surface area contributed by atoms with Crippen molar-refractivity contribution in [2.24, 2.45) is 5.92 Å². The van der Waals surface area contributed by atoms with Gasteiger partial charge in [0.2, 0.25) is 0 Å². The first-order valence-electron chi connectivity index (χ1n) is 6.78. The van der Waals surface area contributed by atoms with Gasteiger partial charge in [0.05, 0.1) is 13.2 Å². The van der Waals surface area contributed by atoms with E-state index in [2.05, 4.69) is 0 Å². The zero-order valence-corrected chi connectivity index (χ0v) is 10.5. The number of rotatable bonds is 2. The number of benzene rings is 1. The second-order valence-electron chi connectivity index (χ2n) is 5.06. The van der Waals surface area contributed by atoms with Gasteiger partial charge in [-0.1, -0.05) is 12.8 Å². The first-order valence-corrected chi connectivity index (χ1v) is 6.78. The monoisotopic (exact) mass is 246 g/mol. The van der Waals surface area contributed by atoms with Crippen LogP contribution in [0.2, 0.25) is 0 Å². The maximum Gasteiger partial charge on any atom is 0.166 e. The fourth-order valence-electron chi connectivity index (χ4n) is 2.74. The number of carbonyl (C=O) groups excluding carboxylic acids is 1. The van der Waals surface area contributed by atoms with Gasteiger partial charge in [0.15, 0.2) is 17.3 Å². The largest absolute Gasteiger partial charge is 0.490 e. The molecule has 1 aliphatic heterocycles. The van der Waals surface area contributed by atoms with Crippen molar-refractivity contribution in [3.63, 3.8) is 0 Å². The van der Waals surface area contributed by atoms with Crippen LogP contribution in [0.15, 0.2) is 18.2 Å². The first-order chi connectivity index (χ1) is 8.84. The van der Waals surface area contributed by atoms with Gasteiger partial charge in [-0.25, -0.2) is 0 Å². The molecule has 96 valence electrons. The lowest BCUT2D eigenvalue weighted by molar-refractivity contribution is 0.0922. The van der Waals surface area contributed by atoms with E-state index in [1.165, 1.54) is 12.8 Å². The molecule has 1 aromatic rings. The van der Waals surface area contributed by atoms with Crippen LogP contribution in [0.1, 0.15) is 42.5 Å². The molecule has 3 rings (SSSR count). The molecule has 0 atom stereocenters. The van der Waals surface area contributed by atoms with Crippen LogP contribution < -0.4 is 9.47 Å². The smallest absolute Gasteiger partial charge is 0.166 e. The number of hydrogen-bond donors (Lipinski definition) is 0. The zero-order chi connectivity index (χ0) is 12.4. The van der Waals surface area contributed by atoms with Crippen molar-refractivity contribution in [3.8, 4) is 11.5 Å². The van der Waals surface area contributed by atoms with Crippen molar-refractivity contribution < 1.29 is 14.3 Å². The average molecular weight is 246 g/mol. The van der Waals surface area contributed by atoms with Crippen molar-refractivity contribution in [2.75, 3.05) is 13.2 Å². The minimum Gasteiger partial charge on any atom is -0.490 e. The maximum atomic E-state index is 12.3. The van der Waals surface area contributed by atoms with E-state index < -0.39 is 0 Å². The molecule has 3 heteroatoms. The number of hydrogen-bond acceptors (Lipinski definition) is 3. The van der Waals surface area contributed by atoms with Crippen LogP contribution in [0.25, 0.3) is 0 Å². The van der Waals surface area contributed by atoms with Crippen molar-refractivity contribution in [1.82, 2.24) is 0 Å². The third-order valence-electron chi connectivity index (χ3n) is 3.76. The Morgan fingerprint density at radius 3 is 2.50 bits per heavy atom. The highest BCUT2D eigenvalue weighted by molar-refractivity contribution is 5.98. The van der Waals surface area contributed by atoms with Crippen molar-refractivity contribution in [3.05, 3.63) is 23.8 Å². The number of ketones is 1. The first kappa shape index (κ1) is 11.6. The van der Waals surface area contributed by atoms with Gasteiger partial charge in [0.1, 0.15) is 0 Å². The minimum atomic E-state index is 0.217. The molecule has 2 aliphatic rings. The molecule has 0 radical (unpaired) electrons. The third-order valence-corrected chi connectivity index (χ3v) is 3.76. The van der Waals surface area contributed by atoms with Crippen LogP contribution in [0.3, 0.4) is 0 Å². The molecule has 0 bridgehead atoms. The molecule has 0 aromatic heterocycles. The molecule has 1 aliphatic carbocycles. The van der Waals surface area contributed by atoms with Gasteiger partial charge in [-0.05, 0) is 31.0 Å². The summed E-state index contributed by atoms with van der Waals surface area (Å²) in [5.74, 6) is 1.96. The van der Waals surface area contributed by atoms with Gasteiger partial charge >= 0.3 is 0 Å². The highest BCUT2D eigenvalue weighted by Gasteiger charge is 2.24. The van der Waals surface area contributed by atoms with Crippen molar-refractivity contribution in [2.45, 2.75) is 32.1 Å². The van der Waals surface area contributed by atoms with Crippen molar-refractivity contribution >= 4 is 5.78 Å². The lowest BCUT2D eigenvalue weighted by atomic mass is 9.96. The van der Waals surface area contributed by atoms with Crippen molar-refractivity contribution in [1.29, 1.82) is 0 Å². The molecule has 1 heterocycles. The molecular formula is C15H18O3. The summed E-state index contributed by atoms with van der Waals surface area (Å²) in [6, 6.07) is 5.58. The van der Waals surface area contributed by atoms with E-state index in [-0.39, 0.29) is 11.7 Å². The van der Waals surface area contributed by atoms with E-state index in [1.54, 1.807) is 0 Å². The van der Waals surface area contributed by atoms with Gasteiger partial charge in [-0.15, -0.1) is 0 Å². The topological polar surface area (TPSA) is 35.5 Å². The number of fused-ring (bicyclic) bond motifs is 1. The normalized spacial score (nSPS) is 19.6. The Hall–Kier alpha value is -1.51. The molecule has 0 unspecified atom stereocenters. The second-order valence-corrected chi connectivity index (χ2v) is 5.06. The molecule has 0 spiro atoms. The van der Waals surface area contributed by atoms with Crippen LogP contribution in [0.5, 0.6) is 11.5 Å². The molecule has 1 saturated carbocycles. The standard InChI is InChI=1S/C15H18O3/c16-15(11-4-1-2-5-11)12-6-7-13-14(10-12)18-9-3-8-17-13/h6-7,10-11H,1-5,8-9H2. The summed E-state index contributed by atoms with van der Waals surface area (Å²) < 4.78 is 11.2. The molecule has 0 saturated heterocycles. The van der Waals surface area contributed by atoms with Crippen LogP contribution in [-0.2, 0) is 0 Å². The highest BCUT2D eigenvalue weighted by Crippen LogP contribution is 2.33. The number of carbonyl (C=O) groups is 1. The fraction of sp³-hybridized carbons (Fsp3) is 0.533. The number of Topliss-reactive ketones (excluding diaryl/α,β-unsaturated/α-hetero) is 1. The predicted molar refractivity (Wildman–Crippen MR) is 68.3 cm³/mol. The molecule has 0 N–H and O–H groups in total. The van der Waals surface area contributed by atoms with Crippen LogP contribution >= 0.6 is 0 Å². The Balaban J connectivity index is 1.84. The van der Waals surface area contributed by atoms with E-state index >= 15 is 0 Å².